The van der Waals surface area contributed by atoms with Crippen LogP contribution in [-0.4, -0.2) is 9.97 Å². The van der Waals surface area contributed by atoms with E-state index in [0.717, 1.165) is 5.69 Å². The summed E-state index contributed by atoms with van der Waals surface area (Å²) < 4.78 is 0. The minimum atomic E-state index is -0.0151. The topological polar surface area (TPSA) is 51.8 Å². The van der Waals surface area contributed by atoms with Crippen molar-refractivity contribution in [2.45, 2.75) is 13.0 Å². The van der Waals surface area contributed by atoms with Gasteiger partial charge in [-0.25, -0.2) is 0 Å². The van der Waals surface area contributed by atoms with Crippen LogP contribution in [0.15, 0.2) is 18.6 Å². The molecule has 1 atom stereocenters. The van der Waals surface area contributed by atoms with Gasteiger partial charge in [-0.1, -0.05) is 0 Å². The number of nitrogens with zero attached hydrogens (tertiary/aromatic N) is 2. The average Bonchev–Trinajstić information content (AvgIpc) is 1.90. The second-order valence-electron chi connectivity index (χ2n) is 1.92. The lowest BCUT2D eigenvalue weighted by Crippen LogP contribution is -2.06. The molecule has 10 heavy (non-hydrogen) atoms. The molecule has 3 nitrogen and oxygen atoms in total. The highest BCUT2D eigenvalue weighted by atomic mass is 35.5. The van der Waals surface area contributed by atoms with Crippen LogP contribution >= 0.6 is 12.4 Å². The molecule has 0 aliphatic carbocycles. The number of hydrogen-bond acceptors (Lipinski definition) is 3. The molecule has 1 heterocycles. The summed E-state index contributed by atoms with van der Waals surface area (Å²) in [6, 6.07) is -0.0151. The van der Waals surface area contributed by atoms with E-state index in [1.165, 1.54) is 0 Å². The quantitative estimate of drug-likeness (QED) is 0.663. The van der Waals surface area contributed by atoms with Gasteiger partial charge in [0.15, 0.2) is 0 Å². The predicted molar refractivity (Wildman–Crippen MR) is 41.9 cm³/mol. The molecule has 0 fully saturated rings. The number of rotatable bonds is 1. The van der Waals surface area contributed by atoms with Gasteiger partial charge in [0.1, 0.15) is 0 Å². The van der Waals surface area contributed by atoms with Gasteiger partial charge in [0.05, 0.1) is 5.69 Å². The summed E-state index contributed by atoms with van der Waals surface area (Å²) in [4.78, 5) is 7.85. The Labute approximate surface area is 66.1 Å². The van der Waals surface area contributed by atoms with Gasteiger partial charge in [-0.2, -0.15) is 0 Å². The average molecular weight is 160 g/mol. The zero-order valence-corrected chi connectivity index (χ0v) is 6.51. The molecule has 0 aliphatic rings. The SMILES string of the molecule is C[C@H](N)c1cnccn1.Cl. The lowest BCUT2D eigenvalue weighted by atomic mass is 10.3. The molecule has 0 unspecified atom stereocenters. The maximum atomic E-state index is 5.51. The molecule has 0 aliphatic heterocycles. The van der Waals surface area contributed by atoms with Crippen LogP contribution in [-0.2, 0) is 0 Å². The first-order valence-electron chi connectivity index (χ1n) is 2.82. The third-order valence-electron chi connectivity index (χ3n) is 1.05. The standard InChI is InChI=1S/C6H9N3.ClH/c1-5(7)6-4-8-2-3-9-6;/h2-5H,7H2,1H3;1H/t5-;/m0./s1. The molecular weight excluding hydrogens is 150 g/mol. The maximum Gasteiger partial charge on any atom is 0.0751 e. The van der Waals surface area contributed by atoms with Crippen molar-refractivity contribution in [2.24, 2.45) is 5.73 Å². The van der Waals surface area contributed by atoms with E-state index in [1.807, 2.05) is 6.92 Å². The van der Waals surface area contributed by atoms with Crippen LogP contribution in [0.3, 0.4) is 0 Å². The van der Waals surface area contributed by atoms with Crippen LogP contribution in [0.5, 0.6) is 0 Å². The zero-order chi connectivity index (χ0) is 6.69. The van der Waals surface area contributed by atoms with Crippen molar-refractivity contribution < 1.29 is 0 Å². The Hall–Kier alpha value is -0.670. The Balaban J connectivity index is 0.000000810. The molecular formula is C6H10ClN3. The first kappa shape index (κ1) is 9.33. The molecule has 0 saturated carbocycles. The van der Waals surface area contributed by atoms with Crippen LogP contribution in [0.4, 0.5) is 0 Å². The van der Waals surface area contributed by atoms with E-state index in [9.17, 15) is 0 Å². The van der Waals surface area contributed by atoms with Crippen LogP contribution in [0, 0.1) is 0 Å². The summed E-state index contributed by atoms with van der Waals surface area (Å²) in [7, 11) is 0. The van der Waals surface area contributed by atoms with Crippen LogP contribution in [0.2, 0.25) is 0 Å². The van der Waals surface area contributed by atoms with E-state index in [2.05, 4.69) is 9.97 Å². The fraction of sp³-hybridized carbons (Fsp3) is 0.333. The van der Waals surface area contributed by atoms with Crippen LogP contribution in [0.1, 0.15) is 18.7 Å². The van der Waals surface area contributed by atoms with E-state index >= 15 is 0 Å². The maximum absolute atomic E-state index is 5.51. The van der Waals surface area contributed by atoms with Crippen molar-refractivity contribution in [1.82, 2.24) is 9.97 Å². The summed E-state index contributed by atoms with van der Waals surface area (Å²) in [6.45, 7) is 1.88. The second-order valence-corrected chi connectivity index (χ2v) is 1.92. The molecule has 4 heteroatoms. The summed E-state index contributed by atoms with van der Waals surface area (Å²) in [5.74, 6) is 0. The molecule has 1 aromatic heterocycles. The zero-order valence-electron chi connectivity index (χ0n) is 5.69. The van der Waals surface area contributed by atoms with E-state index in [1.54, 1.807) is 18.6 Å². The molecule has 0 spiro atoms. The van der Waals surface area contributed by atoms with Crippen molar-refractivity contribution in [2.75, 3.05) is 0 Å². The second kappa shape index (κ2) is 4.19. The van der Waals surface area contributed by atoms with Crippen LogP contribution < -0.4 is 5.73 Å². The Bertz CT molecular complexity index is 176. The van der Waals surface area contributed by atoms with E-state index in [-0.39, 0.29) is 18.4 Å². The van der Waals surface area contributed by atoms with E-state index in [0.29, 0.717) is 0 Å². The van der Waals surface area contributed by atoms with E-state index in [4.69, 9.17) is 5.73 Å². The van der Waals surface area contributed by atoms with Crippen molar-refractivity contribution in [3.63, 3.8) is 0 Å². The molecule has 0 amide bonds. The van der Waals surface area contributed by atoms with Gasteiger partial charge >= 0.3 is 0 Å². The van der Waals surface area contributed by atoms with Crippen LogP contribution in [0.25, 0.3) is 0 Å². The Kier molecular flexibility index (Phi) is 3.91. The lowest BCUT2D eigenvalue weighted by Gasteiger charge is -1.99. The molecule has 2 N–H and O–H groups in total. The van der Waals surface area contributed by atoms with Gasteiger partial charge in [-0.15, -0.1) is 12.4 Å². The van der Waals surface area contributed by atoms with Gasteiger partial charge in [0.2, 0.25) is 0 Å². The van der Waals surface area contributed by atoms with Gasteiger partial charge in [-0.05, 0) is 6.92 Å². The largest absolute Gasteiger partial charge is 0.323 e. The number of halogens is 1. The number of hydrogen-bond donors (Lipinski definition) is 1. The lowest BCUT2D eigenvalue weighted by molar-refractivity contribution is 0.772. The summed E-state index contributed by atoms with van der Waals surface area (Å²) in [6.07, 6.45) is 4.94. The molecule has 0 bridgehead atoms. The molecule has 0 aromatic carbocycles. The monoisotopic (exact) mass is 159 g/mol. The molecule has 0 saturated heterocycles. The first-order valence-corrected chi connectivity index (χ1v) is 2.82. The fourth-order valence-electron chi connectivity index (χ4n) is 0.546. The molecule has 1 rings (SSSR count). The summed E-state index contributed by atoms with van der Waals surface area (Å²) in [5.41, 5.74) is 6.34. The van der Waals surface area contributed by atoms with Crippen molar-refractivity contribution >= 4 is 12.4 Å². The molecule has 1 aromatic rings. The van der Waals surface area contributed by atoms with E-state index < -0.39 is 0 Å². The normalized spacial score (nSPS) is 11.8. The van der Waals surface area contributed by atoms with Gasteiger partial charge < -0.3 is 5.73 Å². The third kappa shape index (κ3) is 2.29. The predicted octanol–water partition coefficient (Wildman–Crippen LogP) is 0.918. The number of aromatic nitrogens is 2. The third-order valence-corrected chi connectivity index (χ3v) is 1.05. The first-order chi connectivity index (χ1) is 4.30. The van der Waals surface area contributed by atoms with Crippen molar-refractivity contribution in [1.29, 1.82) is 0 Å². The summed E-state index contributed by atoms with van der Waals surface area (Å²) >= 11 is 0. The highest BCUT2D eigenvalue weighted by Crippen LogP contribution is 2.00. The Morgan fingerprint density at radius 3 is 2.50 bits per heavy atom. The van der Waals surface area contributed by atoms with Crippen molar-refractivity contribution in [3.8, 4) is 0 Å². The Morgan fingerprint density at radius 2 is 2.20 bits per heavy atom. The van der Waals surface area contributed by atoms with Gasteiger partial charge in [-0.3, -0.25) is 9.97 Å². The highest BCUT2D eigenvalue weighted by molar-refractivity contribution is 5.85. The smallest absolute Gasteiger partial charge is 0.0751 e. The Morgan fingerprint density at radius 1 is 1.50 bits per heavy atom. The van der Waals surface area contributed by atoms with Gasteiger partial charge in [0, 0.05) is 24.6 Å². The van der Waals surface area contributed by atoms with Gasteiger partial charge in [0.25, 0.3) is 0 Å². The number of nitrogens with two attached hydrogens (primary N) is 1. The molecule has 56 valence electrons. The summed E-state index contributed by atoms with van der Waals surface area (Å²) in [5, 5.41) is 0. The molecule has 0 radical (unpaired) electrons. The minimum absolute atomic E-state index is 0. The minimum Gasteiger partial charge on any atom is -0.323 e. The highest BCUT2D eigenvalue weighted by Gasteiger charge is 1.96. The van der Waals surface area contributed by atoms with Crippen molar-refractivity contribution in [3.05, 3.63) is 24.3 Å². The fourth-order valence-corrected chi connectivity index (χ4v) is 0.546.